The van der Waals surface area contributed by atoms with E-state index in [1.54, 1.807) is 42.5 Å². The molecule has 1 heterocycles. The van der Waals surface area contributed by atoms with Gasteiger partial charge in [0.15, 0.2) is 5.58 Å². The molecule has 0 aliphatic rings. The summed E-state index contributed by atoms with van der Waals surface area (Å²) in [6.07, 6.45) is 0. The first-order valence-corrected chi connectivity index (χ1v) is 10.1. The van der Waals surface area contributed by atoms with Crippen molar-refractivity contribution in [1.29, 1.82) is 0 Å². The van der Waals surface area contributed by atoms with E-state index in [9.17, 15) is 4.79 Å². The van der Waals surface area contributed by atoms with Crippen LogP contribution in [0.15, 0.2) is 69.6 Å². The van der Waals surface area contributed by atoms with Crippen molar-refractivity contribution in [1.82, 2.24) is 4.98 Å². The number of aromatic nitrogens is 1. The molecule has 0 aliphatic heterocycles. The molecule has 5 nitrogen and oxygen atoms in total. The summed E-state index contributed by atoms with van der Waals surface area (Å²) in [5.41, 5.74) is 3.04. The minimum Gasteiger partial charge on any atom is -0.494 e. The van der Waals surface area contributed by atoms with Crippen LogP contribution in [0.5, 0.6) is 5.75 Å². The van der Waals surface area contributed by atoms with Gasteiger partial charge in [0.2, 0.25) is 5.89 Å². The predicted molar refractivity (Wildman–Crippen MR) is 118 cm³/mol. The lowest BCUT2D eigenvalue weighted by molar-refractivity contribution is 0.102. The molecule has 1 N–H and O–H groups in total. The van der Waals surface area contributed by atoms with Gasteiger partial charge in [-0.3, -0.25) is 4.79 Å². The number of hydrogen-bond donors (Lipinski definition) is 1. The number of benzene rings is 3. The van der Waals surface area contributed by atoms with Crippen molar-refractivity contribution in [2.24, 2.45) is 0 Å². The number of carbonyl (C=O) groups is 1. The number of oxazole rings is 1. The topological polar surface area (TPSA) is 64.4 Å². The highest BCUT2D eigenvalue weighted by Crippen LogP contribution is 2.33. The maximum Gasteiger partial charge on any atom is 0.255 e. The number of amides is 1. The first-order valence-electron chi connectivity index (χ1n) is 8.93. The number of nitrogens with one attached hydrogen (secondary N) is 1. The SMILES string of the molecule is CCOc1cccc(C(=O)Nc2ccc3oc(-c4cc(Br)ccc4Cl)nc3c2)c1. The third-order valence-electron chi connectivity index (χ3n) is 4.21. The van der Waals surface area contributed by atoms with Gasteiger partial charge in [-0.1, -0.05) is 33.6 Å². The second-order valence-electron chi connectivity index (χ2n) is 6.24. The Morgan fingerprint density at radius 3 is 2.86 bits per heavy atom. The molecule has 0 saturated heterocycles. The van der Waals surface area contributed by atoms with Gasteiger partial charge < -0.3 is 14.5 Å². The third kappa shape index (κ3) is 4.28. The van der Waals surface area contributed by atoms with Crippen molar-refractivity contribution < 1.29 is 13.9 Å². The Morgan fingerprint density at radius 1 is 1.17 bits per heavy atom. The summed E-state index contributed by atoms with van der Waals surface area (Å²) in [6, 6.07) is 17.8. The van der Waals surface area contributed by atoms with Crippen molar-refractivity contribution in [3.63, 3.8) is 0 Å². The average Bonchev–Trinajstić information content (AvgIpc) is 3.13. The molecule has 3 aromatic carbocycles. The Hall–Kier alpha value is -2.83. The quantitative estimate of drug-likeness (QED) is 0.358. The smallest absolute Gasteiger partial charge is 0.255 e. The van der Waals surface area contributed by atoms with Crippen molar-refractivity contribution in [3.05, 3.63) is 75.7 Å². The molecule has 0 aliphatic carbocycles. The fourth-order valence-electron chi connectivity index (χ4n) is 2.88. The summed E-state index contributed by atoms with van der Waals surface area (Å²) in [5, 5.41) is 3.42. The van der Waals surface area contributed by atoms with Crippen LogP contribution < -0.4 is 10.1 Å². The van der Waals surface area contributed by atoms with Crippen molar-refractivity contribution >= 4 is 50.2 Å². The zero-order chi connectivity index (χ0) is 20.4. The first kappa shape index (κ1) is 19.5. The van der Waals surface area contributed by atoms with Gasteiger partial charge in [-0.25, -0.2) is 4.98 Å². The fourth-order valence-corrected chi connectivity index (χ4v) is 3.44. The van der Waals surface area contributed by atoms with E-state index in [-0.39, 0.29) is 5.91 Å². The Labute approximate surface area is 180 Å². The van der Waals surface area contributed by atoms with Crippen LogP contribution in [0.1, 0.15) is 17.3 Å². The lowest BCUT2D eigenvalue weighted by atomic mass is 10.2. The van der Waals surface area contributed by atoms with Crippen LogP contribution in [0, 0.1) is 0 Å². The van der Waals surface area contributed by atoms with E-state index in [0.29, 0.717) is 51.2 Å². The van der Waals surface area contributed by atoms with Crippen LogP contribution in [0.3, 0.4) is 0 Å². The van der Waals surface area contributed by atoms with E-state index in [4.69, 9.17) is 20.8 Å². The number of carbonyl (C=O) groups excluding carboxylic acids is 1. The van der Waals surface area contributed by atoms with E-state index in [1.807, 2.05) is 25.1 Å². The number of fused-ring (bicyclic) bond motifs is 1. The van der Waals surface area contributed by atoms with Crippen LogP contribution >= 0.6 is 27.5 Å². The predicted octanol–water partition coefficient (Wildman–Crippen LogP) is 6.56. The minimum absolute atomic E-state index is 0.232. The highest BCUT2D eigenvalue weighted by atomic mass is 79.9. The van der Waals surface area contributed by atoms with E-state index in [1.165, 1.54) is 0 Å². The van der Waals surface area contributed by atoms with E-state index in [0.717, 1.165) is 4.47 Å². The van der Waals surface area contributed by atoms with Crippen molar-refractivity contribution in [2.45, 2.75) is 6.92 Å². The number of halogens is 2. The summed E-state index contributed by atoms with van der Waals surface area (Å²) in [6.45, 7) is 2.44. The molecule has 0 atom stereocenters. The minimum atomic E-state index is -0.232. The molecule has 0 saturated carbocycles. The maximum atomic E-state index is 12.6. The Bertz CT molecular complexity index is 1210. The molecule has 7 heteroatoms. The van der Waals surface area contributed by atoms with Gasteiger partial charge in [0.1, 0.15) is 11.3 Å². The molecule has 0 bridgehead atoms. The van der Waals surface area contributed by atoms with E-state index < -0.39 is 0 Å². The van der Waals surface area contributed by atoms with Crippen LogP contribution in [-0.4, -0.2) is 17.5 Å². The van der Waals surface area contributed by atoms with E-state index >= 15 is 0 Å². The van der Waals surface area contributed by atoms with Gasteiger partial charge in [0.25, 0.3) is 5.91 Å². The van der Waals surface area contributed by atoms with Crippen LogP contribution in [-0.2, 0) is 0 Å². The van der Waals surface area contributed by atoms with Gasteiger partial charge in [-0.15, -0.1) is 0 Å². The van der Waals surface area contributed by atoms with Crippen LogP contribution in [0.25, 0.3) is 22.6 Å². The summed E-state index contributed by atoms with van der Waals surface area (Å²) in [4.78, 5) is 17.1. The summed E-state index contributed by atoms with van der Waals surface area (Å²) >= 11 is 9.70. The number of rotatable bonds is 5. The first-order chi connectivity index (χ1) is 14.0. The highest BCUT2D eigenvalue weighted by molar-refractivity contribution is 9.10. The Morgan fingerprint density at radius 2 is 2.03 bits per heavy atom. The summed E-state index contributed by atoms with van der Waals surface area (Å²) in [5.74, 6) is 0.839. The number of anilines is 1. The van der Waals surface area contributed by atoms with Gasteiger partial charge in [-0.2, -0.15) is 0 Å². The second kappa shape index (κ2) is 8.27. The lowest BCUT2D eigenvalue weighted by Gasteiger charge is -2.07. The number of ether oxygens (including phenoxy) is 1. The van der Waals surface area contributed by atoms with Crippen LogP contribution in [0.4, 0.5) is 5.69 Å². The van der Waals surface area contributed by atoms with Crippen molar-refractivity contribution in [2.75, 3.05) is 11.9 Å². The van der Waals surface area contributed by atoms with Gasteiger partial charge in [0.05, 0.1) is 17.2 Å². The third-order valence-corrected chi connectivity index (χ3v) is 5.03. The zero-order valence-electron chi connectivity index (χ0n) is 15.4. The zero-order valence-corrected chi connectivity index (χ0v) is 17.8. The molecule has 0 unspecified atom stereocenters. The molecule has 0 spiro atoms. The molecule has 29 heavy (non-hydrogen) atoms. The normalized spacial score (nSPS) is 10.9. The maximum absolute atomic E-state index is 12.6. The fraction of sp³-hybridized carbons (Fsp3) is 0.0909. The highest BCUT2D eigenvalue weighted by Gasteiger charge is 2.14. The molecule has 146 valence electrons. The Balaban J connectivity index is 1.60. The molecule has 0 radical (unpaired) electrons. The van der Waals surface area contributed by atoms with E-state index in [2.05, 4.69) is 26.2 Å². The molecule has 4 rings (SSSR count). The van der Waals surface area contributed by atoms with Crippen molar-refractivity contribution in [3.8, 4) is 17.2 Å². The van der Waals surface area contributed by atoms with Crippen LogP contribution in [0.2, 0.25) is 5.02 Å². The largest absolute Gasteiger partial charge is 0.494 e. The monoisotopic (exact) mass is 470 g/mol. The molecule has 0 fully saturated rings. The van der Waals surface area contributed by atoms with Gasteiger partial charge in [-0.05, 0) is 61.5 Å². The average molecular weight is 472 g/mol. The van der Waals surface area contributed by atoms with Gasteiger partial charge in [0, 0.05) is 15.7 Å². The Kier molecular flexibility index (Phi) is 5.56. The summed E-state index contributed by atoms with van der Waals surface area (Å²) in [7, 11) is 0. The standard InChI is InChI=1S/C22H16BrClN2O3/c1-2-28-16-5-3-4-13(10-16)21(27)25-15-7-9-20-19(12-15)26-22(29-20)17-11-14(23)6-8-18(17)24/h3-12H,2H2,1H3,(H,25,27). The number of nitrogens with zero attached hydrogens (tertiary/aromatic N) is 1. The lowest BCUT2D eigenvalue weighted by Crippen LogP contribution is -2.11. The molecule has 4 aromatic rings. The second-order valence-corrected chi connectivity index (χ2v) is 7.56. The van der Waals surface area contributed by atoms with Gasteiger partial charge >= 0.3 is 0 Å². The molecule has 1 amide bonds. The molecular weight excluding hydrogens is 456 g/mol. The summed E-state index contributed by atoms with van der Waals surface area (Å²) < 4.78 is 12.2. The number of hydrogen-bond acceptors (Lipinski definition) is 4. The molecule has 1 aromatic heterocycles. The molecular formula is C22H16BrClN2O3.